The van der Waals surface area contributed by atoms with E-state index in [1.165, 1.54) is 0 Å². The Balaban J connectivity index is 1.79. The normalized spacial score (nSPS) is 18.1. The monoisotopic (exact) mass is 274 g/mol. The van der Waals surface area contributed by atoms with Crippen LogP contribution in [0.25, 0.3) is 0 Å². The Morgan fingerprint density at radius 2 is 2.30 bits per heavy atom. The molecule has 0 amide bonds. The van der Waals surface area contributed by atoms with Gasteiger partial charge < -0.3 is 19.3 Å². The van der Waals surface area contributed by atoms with E-state index >= 15 is 0 Å². The second-order valence-electron chi connectivity index (χ2n) is 5.00. The van der Waals surface area contributed by atoms with E-state index in [-0.39, 0.29) is 6.10 Å². The van der Waals surface area contributed by atoms with Crippen molar-refractivity contribution in [2.75, 3.05) is 18.6 Å². The molecule has 2 aromatic rings. The van der Waals surface area contributed by atoms with Gasteiger partial charge in [0.15, 0.2) is 5.76 Å². The van der Waals surface area contributed by atoms with Gasteiger partial charge in [0.25, 0.3) is 0 Å². The van der Waals surface area contributed by atoms with Crippen LogP contribution in [0.4, 0.5) is 5.69 Å². The van der Waals surface area contributed by atoms with Gasteiger partial charge in [-0.1, -0.05) is 23.4 Å². The van der Waals surface area contributed by atoms with Gasteiger partial charge in [-0.2, -0.15) is 0 Å². The topological polar surface area (TPSA) is 58.7 Å². The Bertz CT molecular complexity index is 582. The summed E-state index contributed by atoms with van der Waals surface area (Å²) in [7, 11) is 1.63. The Kier molecular flexibility index (Phi) is 3.71. The van der Waals surface area contributed by atoms with E-state index in [0.29, 0.717) is 13.2 Å². The van der Waals surface area contributed by atoms with E-state index in [1.807, 2.05) is 30.3 Å². The fourth-order valence-electron chi connectivity index (χ4n) is 2.61. The summed E-state index contributed by atoms with van der Waals surface area (Å²) in [5.41, 5.74) is 2.94. The molecule has 0 saturated heterocycles. The van der Waals surface area contributed by atoms with Crippen LogP contribution in [0, 0.1) is 0 Å². The molecule has 0 spiro atoms. The molecule has 106 valence electrons. The Hall–Kier alpha value is -1.85. The summed E-state index contributed by atoms with van der Waals surface area (Å²) < 4.78 is 10.2. The second-order valence-corrected chi connectivity index (χ2v) is 5.00. The van der Waals surface area contributed by atoms with Crippen molar-refractivity contribution in [1.82, 2.24) is 5.16 Å². The fourth-order valence-corrected chi connectivity index (χ4v) is 2.61. The molecule has 20 heavy (non-hydrogen) atoms. The van der Waals surface area contributed by atoms with Crippen molar-refractivity contribution in [2.24, 2.45) is 0 Å². The second kappa shape index (κ2) is 5.64. The summed E-state index contributed by atoms with van der Waals surface area (Å²) in [6.45, 7) is 1.92. The van der Waals surface area contributed by atoms with Gasteiger partial charge in [-0.15, -0.1) is 0 Å². The van der Waals surface area contributed by atoms with Gasteiger partial charge in [-0.3, -0.25) is 0 Å². The third-order valence-electron chi connectivity index (χ3n) is 3.56. The number of aromatic nitrogens is 1. The fraction of sp³-hybridized carbons (Fsp3) is 0.400. The molecule has 0 radical (unpaired) electrons. The minimum Gasteiger partial charge on any atom is -0.388 e. The summed E-state index contributed by atoms with van der Waals surface area (Å²) in [5, 5.41) is 14.1. The minimum absolute atomic E-state index is 0.371. The molecule has 0 fully saturated rings. The van der Waals surface area contributed by atoms with E-state index < -0.39 is 0 Å². The van der Waals surface area contributed by atoms with Gasteiger partial charge in [0.1, 0.15) is 12.3 Å². The first-order valence-corrected chi connectivity index (χ1v) is 6.73. The van der Waals surface area contributed by atoms with Gasteiger partial charge in [0, 0.05) is 31.0 Å². The van der Waals surface area contributed by atoms with Gasteiger partial charge >= 0.3 is 0 Å². The third kappa shape index (κ3) is 2.55. The SMILES string of the molecule is COCc1cc(CN2CCC(O)c3ccccc32)no1. The van der Waals surface area contributed by atoms with E-state index in [0.717, 1.165) is 35.7 Å². The first kappa shape index (κ1) is 13.1. The maximum absolute atomic E-state index is 10.0. The highest BCUT2D eigenvalue weighted by Gasteiger charge is 2.23. The van der Waals surface area contributed by atoms with E-state index in [9.17, 15) is 5.11 Å². The lowest BCUT2D eigenvalue weighted by Gasteiger charge is -2.33. The van der Waals surface area contributed by atoms with Crippen LogP contribution in [0.2, 0.25) is 0 Å². The molecule has 1 aromatic carbocycles. The molecule has 0 bridgehead atoms. The molecule has 5 nitrogen and oxygen atoms in total. The van der Waals surface area contributed by atoms with Crippen molar-refractivity contribution in [2.45, 2.75) is 25.7 Å². The standard InChI is InChI=1S/C15H18N2O3/c1-19-10-12-8-11(16-20-12)9-17-7-6-15(18)13-4-2-3-5-14(13)17/h2-5,8,15,18H,6-7,9-10H2,1H3. The van der Waals surface area contributed by atoms with Gasteiger partial charge in [-0.25, -0.2) is 0 Å². The number of nitrogens with zero attached hydrogens (tertiary/aromatic N) is 2. The Morgan fingerprint density at radius 1 is 1.45 bits per heavy atom. The number of ether oxygens (including phenoxy) is 1. The molecule has 1 aliphatic heterocycles. The van der Waals surface area contributed by atoms with Crippen LogP contribution < -0.4 is 4.90 Å². The number of para-hydroxylation sites is 1. The lowest BCUT2D eigenvalue weighted by atomic mass is 9.99. The van der Waals surface area contributed by atoms with E-state index in [4.69, 9.17) is 9.26 Å². The van der Waals surface area contributed by atoms with Crippen LogP contribution in [-0.2, 0) is 17.9 Å². The van der Waals surface area contributed by atoms with Gasteiger partial charge in [-0.05, 0) is 12.5 Å². The molecule has 1 atom stereocenters. The zero-order valence-electron chi connectivity index (χ0n) is 11.5. The van der Waals surface area contributed by atoms with Crippen LogP contribution in [-0.4, -0.2) is 23.9 Å². The van der Waals surface area contributed by atoms with Gasteiger partial charge in [0.05, 0.1) is 12.6 Å². The molecule has 0 saturated carbocycles. The van der Waals surface area contributed by atoms with Crippen molar-refractivity contribution < 1.29 is 14.4 Å². The highest BCUT2D eigenvalue weighted by Crippen LogP contribution is 2.34. The minimum atomic E-state index is -0.371. The number of aliphatic hydroxyl groups is 1. The summed E-state index contributed by atoms with van der Waals surface area (Å²) in [4.78, 5) is 2.22. The van der Waals surface area contributed by atoms with Crippen LogP contribution >= 0.6 is 0 Å². The van der Waals surface area contributed by atoms with Crippen molar-refractivity contribution in [1.29, 1.82) is 0 Å². The summed E-state index contributed by atoms with van der Waals surface area (Å²) in [5.74, 6) is 0.729. The molecule has 1 N–H and O–H groups in total. The van der Waals surface area contributed by atoms with Crippen LogP contribution in [0.15, 0.2) is 34.9 Å². The first-order valence-electron chi connectivity index (χ1n) is 6.73. The summed E-state index contributed by atoms with van der Waals surface area (Å²) in [6, 6.07) is 9.87. The van der Waals surface area contributed by atoms with E-state index in [2.05, 4.69) is 10.1 Å². The zero-order chi connectivity index (χ0) is 13.9. The highest BCUT2D eigenvalue weighted by atomic mass is 16.5. The van der Waals surface area contributed by atoms with Crippen molar-refractivity contribution in [3.05, 3.63) is 47.3 Å². The highest BCUT2D eigenvalue weighted by molar-refractivity contribution is 5.56. The number of rotatable bonds is 4. The molecular formula is C15H18N2O3. The number of benzene rings is 1. The molecule has 5 heteroatoms. The van der Waals surface area contributed by atoms with Crippen LogP contribution in [0.5, 0.6) is 0 Å². The molecule has 1 aromatic heterocycles. The van der Waals surface area contributed by atoms with Gasteiger partial charge in [0.2, 0.25) is 0 Å². The average molecular weight is 274 g/mol. The van der Waals surface area contributed by atoms with Crippen molar-refractivity contribution in [3.8, 4) is 0 Å². The predicted molar refractivity (Wildman–Crippen MR) is 74.3 cm³/mol. The third-order valence-corrected chi connectivity index (χ3v) is 3.56. The number of anilines is 1. The van der Waals surface area contributed by atoms with E-state index in [1.54, 1.807) is 7.11 Å². The Morgan fingerprint density at radius 3 is 3.15 bits per heavy atom. The number of methoxy groups -OCH3 is 1. The largest absolute Gasteiger partial charge is 0.388 e. The molecule has 1 unspecified atom stereocenters. The number of hydrogen-bond donors (Lipinski definition) is 1. The quantitative estimate of drug-likeness (QED) is 0.926. The maximum Gasteiger partial charge on any atom is 0.162 e. The number of fused-ring (bicyclic) bond motifs is 1. The lowest BCUT2D eigenvalue weighted by Crippen LogP contribution is -2.30. The van der Waals surface area contributed by atoms with Crippen molar-refractivity contribution >= 4 is 5.69 Å². The molecular weight excluding hydrogens is 256 g/mol. The van der Waals surface area contributed by atoms with Crippen LogP contribution in [0.1, 0.15) is 29.5 Å². The number of hydrogen-bond acceptors (Lipinski definition) is 5. The molecule has 1 aliphatic rings. The maximum atomic E-state index is 10.0. The summed E-state index contributed by atoms with van der Waals surface area (Å²) >= 11 is 0. The Labute approximate surface area is 117 Å². The van der Waals surface area contributed by atoms with Crippen LogP contribution in [0.3, 0.4) is 0 Å². The predicted octanol–water partition coefficient (Wildman–Crippen LogP) is 2.26. The smallest absolute Gasteiger partial charge is 0.162 e. The summed E-state index contributed by atoms with van der Waals surface area (Å²) in [6.07, 6.45) is 0.364. The zero-order valence-corrected chi connectivity index (χ0v) is 11.5. The lowest BCUT2D eigenvalue weighted by molar-refractivity contribution is 0.155. The molecule has 3 rings (SSSR count). The average Bonchev–Trinajstić information content (AvgIpc) is 2.90. The molecule has 2 heterocycles. The van der Waals surface area contributed by atoms with Crippen molar-refractivity contribution in [3.63, 3.8) is 0 Å². The first-order chi connectivity index (χ1) is 9.78. The molecule has 0 aliphatic carbocycles. The number of aliphatic hydroxyl groups excluding tert-OH is 1.